The number of rotatable bonds is 7. The maximum atomic E-state index is 12.5. The van der Waals surface area contributed by atoms with Crippen LogP contribution in [0.1, 0.15) is 63.4 Å². The number of nitrogens with one attached hydrogen (secondary N) is 1. The van der Waals surface area contributed by atoms with Crippen LogP contribution in [0.4, 0.5) is 0 Å². The van der Waals surface area contributed by atoms with Gasteiger partial charge in [0.25, 0.3) is 0 Å². The number of hydrogen-bond donors (Lipinski definition) is 1. The summed E-state index contributed by atoms with van der Waals surface area (Å²) < 4.78 is 3.87. The molecule has 4 heterocycles. The van der Waals surface area contributed by atoms with Crippen LogP contribution >= 0.6 is 0 Å². The Morgan fingerprint density at radius 3 is 2.67 bits per heavy atom. The molecule has 0 aliphatic heterocycles. The van der Waals surface area contributed by atoms with E-state index < -0.39 is 0 Å². The summed E-state index contributed by atoms with van der Waals surface area (Å²) in [5, 5.41) is 13.7. The molecule has 1 amide bonds. The summed E-state index contributed by atoms with van der Waals surface area (Å²) in [5.41, 5.74) is 8.96. The van der Waals surface area contributed by atoms with Crippen LogP contribution in [0.25, 0.3) is 28.0 Å². The highest BCUT2D eigenvalue weighted by atomic mass is 16.2. The van der Waals surface area contributed by atoms with E-state index in [1.54, 1.807) is 11.0 Å². The fraction of sp³-hybridized carbons (Fsp3) is 0.458. The standard InChI is InChI=1S/C24H30N8O/c1-5-19(6-2)30-13-18(12-26-30)23-21-10-11-25-31(21)14-20(27-23)22-15(3)28-32(16(22)4)29-24(33)17-8-7-9-17/h10-14,17,19H,5-9H2,1-4H3,(H,29,33). The molecule has 0 aromatic carbocycles. The van der Waals surface area contributed by atoms with Gasteiger partial charge in [-0.05, 0) is 45.6 Å². The molecule has 0 spiro atoms. The quantitative estimate of drug-likeness (QED) is 0.457. The molecule has 0 radical (unpaired) electrons. The lowest BCUT2D eigenvalue weighted by atomic mass is 9.85. The molecule has 172 valence electrons. The lowest BCUT2D eigenvalue weighted by molar-refractivity contribution is -0.123. The fourth-order valence-corrected chi connectivity index (χ4v) is 4.57. The zero-order chi connectivity index (χ0) is 23.1. The van der Waals surface area contributed by atoms with Crippen molar-refractivity contribution in [2.24, 2.45) is 5.92 Å². The van der Waals surface area contributed by atoms with Crippen LogP contribution in [0.3, 0.4) is 0 Å². The first-order valence-corrected chi connectivity index (χ1v) is 11.8. The van der Waals surface area contributed by atoms with Crippen LogP contribution in [0.15, 0.2) is 30.9 Å². The highest BCUT2D eigenvalue weighted by molar-refractivity contribution is 5.87. The molecule has 33 heavy (non-hydrogen) atoms. The molecule has 1 aliphatic rings. The molecule has 0 unspecified atom stereocenters. The summed E-state index contributed by atoms with van der Waals surface area (Å²) in [6, 6.07) is 2.33. The number of aryl methyl sites for hydroxylation is 1. The van der Waals surface area contributed by atoms with Crippen molar-refractivity contribution < 1.29 is 4.79 Å². The molecule has 0 bridgehead atoms. The summed E-state index contributed by atoms with van der Waals surface area (Å²) in [6.07, 6.45) is 12.7. The summed E-state index contributed by atoms with van der Waals surface area (Å²) in [5.74, 6) is 0.123. The first-order valence-electron chi connectivity index (χ1n) is 11.8. The van der Waals surface area contributed by atoms with Crippen molar-refractivity contribution in [2.75, 3.05) is 5.43 Å². The van der Waals surface area contributed by atoms with Gasteiger partial charge in [-0.15, -0.1) is 0 Å². The number of hydrogen-bond acceptors (Lipinski definition) is 5. The van der Waals surface area contributed by atoms with Gasteiger partial charge < -0.3 is 0 Å². The van der Waals surface area contributed by atoms with Gasteiger partial charge in [0, 0.05) is 23.2 Å². The van der Waals surface area contributed by atoms with Crippen molar-refractivity contribution in [3.8, 4) is 22.5 Å². The van der Waals surface area contributed by atoms with Crippen molar-refractivity contribution in [2.45, 2.75) is 65.8 Å². The van der Waals surface area contributed by atoms with Gasteiger partial charge in [0.2, 0.25) is 5.91 Å². The molecule has 0 saturated heterocycles. The number of fused-ring (bicyclic) bond motifs is 1. The summed E-state index contributed by atoms with van der Waals surface area (Å²) in [6.45, 7) is 8.25. The lowest BCUT2D eigenvalue weighted by Crippen LogP contribution is -2.34. The Morgan fingerprint density at radius 2 is 1.97 bits per heavy atom. The number of carbonyl (C=O) groups is 1. The van der Waals surface area contributed by atoms with Gasteiger partial charge in [-0.2, -0.15) is 20.1 Å². The number of carbonyl (C=O) groups excluding carboxylic acids is 1. The minimum Gasteiger partial charge on any atom is -0.273 e. The third kappa shape index (κ3) is 3.71. The van der Waals surface area contributed by atoms with Crippen LogP contribution in [-0.4, -0.2) is 40.2 Å². The largest absolute Gasteiger partial charge is 0.273 e. The molecule has 5 rings (SSSR count). The van der Waals surface area contributed by atoms with Gasteiger partial charge in [-0.3, -0.25) is 9.48 Å². The van der Waals surface area contributed by atoms with Crippen molar-refractivity contribution in [1.82, 2.24) is 34.3 Å². The average molecular weight is 447 g/mol. The zero-order valence-corrected chi connectivity index (χ0v) is 19.6. The highest BCUT2D eigenvalue weighted by Gasteiger charge is 2.27. The number of amides is 1. The molecule has 1 N–H and O–H groups in total. The van der Waals surface area contributed by atoms with E-state index in [1.807, 2.05) is 41.5 Å². The summed E-state index contributed by atoms with van der Waals surface area (Å²) >= 11 is 0. The van der Waals surface area contributed by atoms with Gasteiger partial charge in [-0.25, -0.2) is 14.9 Å². The predicted molar refractivity (Wildman–Crippen MR) is 126 cm³/mol. The van der Waals surface area contributed by atoms with E-state index in [2.05, 4.69) is 40.8 Å². The molecule has 4 aromatic rings. The SMILES string of the molecule is CCC(CC)n1cc(-c2nc(-c3c(C)nn(NC(=O)C4CCC4)c3C)cn3nccc23)cn1. The Kier molecular flexibility index (Phi) is 5.47. The van der Waals surface area contributed by atoms with Crippen LogP contribution in [0, 0.1) is 19.8 Å². The van der Waals surface area contributed by atoms with Gasteiger partial charge >= 0.3 is 0 Å². The summed E-state index contributed by atoms with van der Waals surface area (Å²) in [7, 11) is 0. The predicted octanol–water partition coefficient (Wildman–Crippen LogP) is 4.30. The maximum Gasteiger partial charge on any atom is 0.243 e. The van der Waals surface area contributed by atoms with Crippen LogP contribution in [0.5, 0.6) is 0 Å². The second-order valence-electron chi connectivity index (χ2n) is 8.88. The Morgan fingerprint density at radius 1 is 1.18 bits per heavy atom. The van der Waals surface area contributed by atoms with Crippen molar-refractivity contribution in [3.63, 3.8) is 0 Å². The normalized spacial score (nSPS) is 14.2. The van der Waals surface area contributed by atoms with Crippen LogP contribution in [0.2, 0.25) is 0 Å². The minimum absolute atomic E-state index is 0.0309. The smallest absolute Gasteiger partial charge is 0.243 e. The lowest BCUT2D eigenvalue weighted by Gasteiger charge is -2.24. The molecular weight excluding hydrogens is 416 g/mol. The zero-order valence-electron chi connectivity index (χ0n) is 19.6. The Labute approximate surface area is 192 Å². The second-order valence-corrected chi connectivity index (χ2v) is 8.88. The number of aromatic nitrogens is 7. The topological polar surface area (TPSA) is 94.9 Å². The van der Waals surface area contributed by atoms with Gasteiger partial charge in [0.1, 0.15) is 0 Å². The van der Waals surface area contributed by atoms with E-state index in [0.29, 0.717) is 6.04 Å². The molecule has 1 aliphatic carbocycles. The first-order chi connectivity index (χ1) is 16.0. The van der Waals surface area contributed by atoms with E-state index in [-0.39, 0.29) is 11.8 Å². The van der Waals surface area contributed by atoms with Crippen LogP contribution in [-0.2, 0) is 4.79 Å². The first kappa shape index (κ1) is 21.4. The van der Waals surface area contributed by atoms with Crippen molar-refractivity contribution >= 4 is 11.4 Å². The molecule has 1 fully saturated rings. The highest BCUT2D eigenvalue weighted by Crippen LogP contribution is 2.31. The molecule has 9 nitrogen and oxygen atoms in total. The van der Waals surface area contributed by atoms with E-state index in [1.165, 1.54) is 0 Å². The van der Waals surface area contributed by atoms with Crippen molar-refractivity contribution in [1.29, 1.82) is 0 Å². The molecule has 0 atom stereocenters. The van der Waals surface area contributed by atoms with E-state index in [4.69, 9.17) is 4.98 Å². The molecule has 9 heteroatoms. The van der Waals surface area contributed by atoms with E-state index in [0.717, 1.165) is 71.5 Å². The third-order valence-corrected chi connectivity index (χ3v) is 6.82. The molecular formula is C24H30N8O. The third-order valence-electron chi connectivity index (χ3n) is 6.82. The van der Waals surface area contributed by atoms with Crippen LogP contribution < -0.4 is 5.43 Å². The molecule has 4 aromatic heterocycles. The van der Waals surface area contributed by atoms with Gasteiger partial charge in [-0.1, -0.05) is 20.3 Å². The molecule has 1 saturated carbocycles. The van der Waals surface area contributed by atoms with Gasteiger partial charge in [0.15, 0.2) is 0 Å². The van der Waals surface area contributed by atoms with Crippen molar-refractivity contribution in [3.05, 3.63) is 42.2 Å². The Bertz CT molecular complexity index is 1310. The maximum absolute atomic E-state index is 12.5. The monoisotopic (exact) mass is 446 g/mol. The summed E-state index contributed by atoms with van der Waals surface area (Å²) in [4.78, 5) is 19.1. The Hall–Kier alpha value is -3.49. The second kappa shape index (κ2) is 8.46. The minimum atomic E-state index is 0.0309. The fourth-order valence-electron chi connectivity index (χ4n) is 4.57. The van der Waals surface area contributed by atoms with Gasteiger partial charge in [0.05, 0.1) is 52.9 Å². The average Bonchev–Trinajstić information content (AvgIpc) is 3.47. The number of nitrogens with zero attached hydrogens (tertiary/aromatic N) is 7. The van der Waals surface area contributed by atoms with E-state index >= 15 is 0 Å². The Balaban J connectivity index is 1.56. The van der Waals surface area contributed by atoms with E-state index in [9.17, 15) is 4.79 Å².